The summed E-state index contributed by atoms with van der Waals surface area (Å²) >= 11 is 0.933. The zero-order valence-corrected chi connectivity index (χ0v) is 10.8. The molecule has 0 saturated heterocycles. The molecule has 0 atom stereocenters. The Bertz CT molecular complexity index is 465. The molecule has 0 amide bonds. The number of thioether (sulfide) groups is 1. The third-order valence-corrected chi connectivity index (χ3v) is 6.76. The SMILES string of the molecule is CCS(=O)(=O)C1=NN(S(=O)(=O)CC)CS1. The van der Waals surface area contributed by atoms with Gasteiger partial charge in [-0.3, -0.25) is 0 Å². The minimum absolute atomic E-state index is 0.0464. The maximum atomic E-state index is 11.4. The summed E-state index contributed by atoms with van der Waals surface area (Å²) in [4.78, 5) is 0. The molecule has 0 N–H and O–H groups in total. The van der Waals surface area contributed by atoms with Crippen LogP contribution in [-0.2, 0) is 19.9 Å². The Morgan fingerprint density at radius 3 is 2.33 bits per heavy atom. The Labute approximate surface area is 93.7 Å². The van der Waals surface area contributed by atoms with Crippen molar-refractivity contribution < 1.29 is 16.8 Å². The van der Waals surface area contributed by atoms with Crippen molar-refractivity contribution in [3.8, 4) is 0 Å². The summed E-state index contributed by atoms with van der Waals surface area (Å²) in [6.07, 6.45) is 0. The second kappa shape index (κ2) is 4.30. The predicted molar refractivity (Wildman–Crippen MR) is 60.7 cm³/mol. The third-order valence-electron chi connectivity index (χ3n) is 1.82. The van der Waals surface area contributed by atoms with Gasteiger partial charge in [-0.05, 0) is 6.92 Å². The second-order valence-electron chi connectivity index (χ2n) is 2.77. The first-order valence-electron chi connectivity index (χ1n) is 4.28. The Morgan fingerprint density at radius 2 is 1.87 bits per heavy atom. The third kappa shape index (κ3) is 2.64. The smallest absolute Gasteiger partial charge is 0.221 e. The largest absolute Gasteiger partial charge is 0.250 e. The van der Waals surface area contributed by atoms with E-state index in [1.165, 1.54) is 13.8 Å². The molecule has 0 bridgehead atoms. The van der Waals surface area contributed by atoms with Crippen LogP contribution in [0.2, 0.25) is 0 Å². The van der Waals surface area contributed by atoms with Crippen molar-refractivity contribution in [3.63, 3.8) is 0 Å². The Kier molecular flexibility index (Phi) is 3.67. The van der Waals surface area contributed by atoms with Gasteiger partial charge in [-0.15, -0.1) is 5.10 Å². The minimum Gasteiger partial charge on any atom is -0.221 e. The van der Waals surface area contributed by atoms with E-state index in [0.717, 1.165) is 16.2 Å². The van der Waals surface area contributed by atoms with Gasteiger partial charge in [0.05, 0.1) is 11.5 Å². The molecule has 15 heavy (non-hydrogen) atoms. The molecule has 0 saturated carbocycles. The van der Waals surface area contributed by atoms with Gasteiger partial charge in [-0.2, -0.15) is 4.41 Å². The van der Waals surface area contributed by atoms with Gasteiger partial charge in [0, 0.05) is 0 Å². The monoisotopic (exact) mass is 272 g/mol. The summed E-state index contributed by atoms with van der Waals surface area (Å²) in [6, 6.07) is 0. The topological polar surface area (TPSA) is 83.9 Å². The summed E-state index contributed by atoms with van der Waals surface area (Å²) < 4.78 is 46.2. The number of nitrogens with zero attached hydrogens (tertiary/aromatic N) is 2. The molecule has 1 rings (SSSR count). The van der Waals surface area contributed by atoms with Gasteiger partial charge in [-0.25, -0.2) is 16.8 Å². The van der Waals surface area contributed by atoms with E-state index in [4.69, 9.17) is 0 Å². The molecular formula is C6H12N2O4S3. The van der Waals surface area contributed by atoms with Crippen LogP contribution in [0.15, 0.2) is 5.10 Å². The van der Waals surface area contributed by atoms with Crippen molar-refractivity contribution in [3.05, 3.63) is 0 Å². The summed E-state index contributed by atoms with van der Waals surface area (Å²) in [6.45, 7) is 2.98. The second-order valence-corrected chi connectivity index (χ2v) is 8.31. The number of sulfone groups is 1. The van der Waals surface area contributed by atoms with Crippen molar-refractivity contribution in [1.29, 1.82) is 0 Å². The van der Waals surface area contributed by atoms with E-state index in [1.54, 1.807) is 0 Å². The van der Waals surface area contributed by atoms with E-state index in [-0.39, 0.29) is 21.8 Å². The first-order chi connectivity index (χ1) is 6.83. The lowest BCUT2D eigenvalue weighted by Crippen LogP contribution is -2.24. The molecule has 0 aliphatic carbocycles. The zero-order valence-electron chi connectivity index (χ0n) is 8.37. The van der Waals surface area contributed by atoms with Crippen LogP contribution in [0, 0.1) is 0 Å². The lowest BCUT2D eigenvalue weighted by molar-refractivity contribution is 0.486. The molecule has 1 heterocycles. The van der Waals surface area contributed by atoms with E-state index in [2.05, 4.69) is 5.10 Å². The lowest BCUT2D eigenvalue weighted by Gasteiger charge is -2.10. The number of sulfonamides is 1. The quantitative estimate of drug-likeness (QED) is 0.724. The average molecular weight is 272 g/mol. The average Bonchev–Trinajstić information content (AvgIpc) is 2.67. The molecule has 0 aromatic rings. The fourth-order valence-corrected chi connectivity index (χ4v) is 4.37. The van der Waals surface area contributed by atoms with Gasteiger partial charge < -0.3 is 0 Å². The highest BCUT2D eigenvalue weighted by Crippen LogP contribution is 2.24. The molecule has 1 aliphatic heterocycles. The van der Waals surface area contributed by atoms with Gasteiger partial charge in [-0.1, -0.05) is 18.7 Å². The van der Waals surface area contributed by atoms with Crippen LogP contribution >= 0.6 is 11.8 Å². The number of rotatable bonds is 3. The summed E-state index contributed by atoms with van der Waals surface area (Å²) in [7, 11) is -6.83. The number of hydrazone groups is 1. The van der Waals surface area contributed by atoms with Crippen molar-refractivity contribution in [2.45, 2.75) is 13.8 Å². The van der Waals surface area contributed by atoms with Gasteiger partial charge >= 0.3 is 0 Å². The molecule has 9 heteroatoms. The predicted octanol–water partition coefficient (Wildman–Crippen LogP) is 0.0481. The normalized spacial score (nSPS) is 18.0. The standard InChI is InChI=1S/C6H12N2O4S3/c1-3-14(9,10)6-7-8(5-13-6)15(11,12)4-2/h3-5H2,1-2H3. The van der Waals surface area contributed by atoms with Crippen molar-refractivity contribution in [1.82, 2.24) is 4.41 Å². The molecule has 0 unspecified atom stereocenters. The van der Waals surface area contributed by atoms with Crippen LogP contribution in [-0.4, -0.2) is 43.0 Å². The Balaban J connectivity index is 2.99. The fourth-order valence-electron chi connectivity index (χ4n) is 0.826. The molecule has 6 nitrogen and oxygen atoms in total. The van der Waals surface area contributed by atoms with Crippen LogP contribution in [0.3, 0.4) is 0 Å². The molecule has 0 aromatic heterocycles. The van der Waals surface area contributed by atoms with E-state index in [0.29, 0.717) is 0 Å². The molecule has 0 spiro atoms. The van der Waals surface area contributed by atoms with Crippen LogP contribution < -0.4 is 0 Å². The van der Waals surface area contributed by atoms with E-state index in [9.17, 15) is 16.8 Å². The molecule has 0 fully saturated rings. The van der Waals surface area contributed by atoms with Crippen molar-refractivity contribution >= 4 is 36.0 Å². The van der Waals surface area contributed by atoms with Crippen LogP contribution in [0.1, 0.15) is 13.8 Å². The lowest BCUT2D eigenvalue weighted by atomic mass is 11.0. The zero-order chi connectivity index (χ0) is 11.7. The first kappa shape index (κ1) is 12.8. The fraction of sp³-hybridized carbons (Fsp3) is 0.833. The van der Waals surface area contributed by atoms with Gasteiger partial charge in [0.2, 0.25) is 24.2 Å². The highest BCUT2D eigenvalue weighted by Gasteiger charge is 2.30. The summed E-state index contributed by atoms with van der Waals surface area (Å²) in [5.41, 5.74) is 0. The Hall–Kier alpha value is -0.280. The van der Waals surface area contributed by atoms with Crippen molar-refractivity contribution in [2.75, 3.05) is 17.4 Å². The highest BCUT2D eigenvalue weighted by molar-refractivity contribution is 8.35. The van der Waals surface area contributed by atoms with Gasteiger partial charge in [0.1, 0.15) is 5.88 Å². The highest BCUT2D eigenvalue weighted by atomic mass is 32.3. The van der Waals surface area contributed by atoms with Crippen LogP contribution in [0.25, 0.3) is 0 Å². The first-order valence-corrected chi connectivity index (χ1v) is 8.52. The Morgan fingerprint density at radius 1 is 1.27 bits per heavy atom. The van der Waals surface area contributed by atoms with E-state index < -0.39 is 19.9 Å². The molecule has 88 valence electrons. The van der Waals surface area contributed by atoms with Gasteiger partial charge in [0.25, 0.3) is 0 Å². The number of hydrogen-bond acceptors (Lipinski definition) is 6. The maximum absolute atomic E-state index is 11.4. The number of hydrogen-bond donors (Lipinski definition) is 0. The molecule has 0 radical (unpaired) electrons. The minimum atomic E-state index is -3.44. The van der Waals surface area contributed by atoms with E-state index >= 15 is 0 Å². The van der Waals surface area contributed by atoms with E-state index in [1.807, 2.05) is 0 Å². The molecule has 0 aromatic carbocycles. The van der Waals surface area contributed by atoms with Crippen molar-refractivity contribution in [2.24, 2.45) is 5.10 Å². The van der Waals surface area contributed by atoms with Gasteiger partial charge in [0.15, 0.2) is 0 Å². The van der Waals surface area contributed by atoms with Crippen LogP contribution in [0.4, 0.5) is 0 Å². The summed E-state index contributed by atoms with van der Waals surface area (Å²) in [5, 5.41) is 3.61. The maximum Gasteiger partial charge on any atom is 0.250 e. The molecular weight excluding hydrogens is 260 g/mol. The molecule has 1 aliphatic rings. The van der Waals surface area contributed by atoms with Crippen LogP contribution in [0.5, 0.6) is 0 Å². The summed E-state index contributed by atoms with van der Waals surface area (Å²) in [5.74, 6) is -0.111.